The Bertz CT molecular complexity index is 1070. The number of rotatable bonds is 5. The van der Waals surface area contributed by atoms with Crippen LogP contribution in [-0.4, -0.2) is 36.5 Å². The van der Waals surface area contributed by atoms with Gasteiger partial charge < -0.3 is 10.1 Å². The van der Waals surface area contributed by atoms with Crippen molar-refractivity contribution in [2.75, 3.05) is 25.0 Å². The van der Waals surface area contributed by atoms with E-state index >= 15 is 0 Å². The lowest BCUT2D eigenvalue weighted by Crippen LogP contribution is -2.30. The molecule has 5 nitrogen and oxygen atoms in total. The lowest BCUT2D eigenvalue weighted by molar-refractivity contribution is 0.0526. The Balaban J connectivity index is 1.67. The Hall–Kier alpha value is -2.70. The van der Waals surface area contributed by atoms with Gasteiger partial charge in [-0.1, -0.05) is 37.3 Å². The minimum Gasteiger partial charge on any atom is -0.462 e. The Morgan fingerprint density at radius 1 is 1.14 bits per heavy atom. The van der Waals surface area contributed by atoms with Crippen LogP contribution in [0.5, 0.6) is 0 Å². The molecular weight excluding hydrogens is 384 g/mol. The zero-order valence-electron chi connectivity index (χ0n) is 16.7. The number of benzene rings is 2. The second-order valence-corrected chi connectivity index (χ2v) is 8.17. The zero-order chi connectivity index (χ0) is 20.4. The van der Waals surface area contributed by atoms with E-state index in [9.17, 15) is 9.59 Å². The van der Waals surface area contributed by atoms with Crippen molar-refractivity contribution >= 4 is 39.0 Å². The largest absolute Gasteiger partial charge is 0.462 e. The SMILES string of the molecule is CCOC(=O)c1c(NC(=O)c2ccc3ccccc3c2)sc2c1CCN(CC)C2. The highest BCUT2D eigenvalue weighted by Gasteiger charge is 2.29. The number of hydrogen-bond acceptors (Lipinski definition) is 5. The van der Waals surface area contributed by atoms with Crippen molar-refractivity contribution in [1.29, 1.82) is 0 Å². The molecule has 6 heteroatoms. The third-order valence-electron chi connectivity index (χ3n) is 5.30. The van der Waals surface area contributed by atoms with E-state index in [4.69, 9.17) is 4.74 Å². The molecule has 2 heterocycles. The van der Waals surface area contributed by atoms with Crippen molar-refractivity contribution in [3.8, 4) is 0 Å². The summed E-state index contributed by atoms with van der Waals surface area (Å²) in [6.45, 7) is 6.91. The molecule has 0 atom stereocenters. The molecule has 0 saturated carbocycles. The quantitative estimate of drug-likeness (QED) is 0.621. The third kappa shape index (κ3) is 3.91. The van der Waals surface area contributed by atoms with Gasteiger partial charge in [0.05, 0.1) is 12.2 Å². The molecule has 1 aliphatic heterocycles. The number of anilines is 1. The fourth-order valence-electron chi connectivity index (χ4n) is 3.74. The summed E-state index contributed by atoms with van der Waals surface area (Å²) >= 11 is 1.49. The zero-order valence-corrected chi connectivity index (χ0v) is 17.5. The standard InChI is InChI=1S/C23H24N2O3S/c1-3-25-12-11-18-19(14-25)29-22(20(18)23(27)28-4-2)24-21(26)17-10-9-15-7-5-6-8-16(15)13-17/h5-10,13H,3-4,11-12,14H2,1-2H3,(H,24,26). The average Bonchev–Trinajstić information content (AvgIpc) is 3.10. The second kappa shape index (κ2) is 8.35. The number of amides is 1. The summed E-state index contributed by atoms with van der Waals surface area (Å²) in [7, 11) is 0. The Kier molecular flexibility index (Phi) is 5.65. The number of likely N-dealkylation sites (N-methyl/N-ethyl adjacent to an activating group) is 1. The second-order valence-electron chi connectivity index (χ2n) is 7.06. The summed E-state index contributed by atoms with van der Waals surface area (Å²) < 4.78 is 5.29. The number of hydrogen-bond donors (Lipinski definition) is 1. The number of nitrogens with one attached hydrogen (secondary N) is 1. The van der Waals surface area contributed by atoms with Crippen molar-refractivity contribution in [3.05, 3.63) is 64.0 Å². The van der Waals surface area contributed by atoms with Gasteiger partial charge in [-0.2, -0.15) is 0 Å². The van der Waals surface area contributed by atoms with Crippen molar-refractivity contribution in [2.45, 2.75) is 26.8 Å². The lowest BCUT2D eigenvalue weighted by atomic mass is 10.0. The predicted molar refractivity (Wildman–Crippen MR) is 117 cm³/mol. The molecule has 0 aliphatic carbocycles. The van der Waals surface area contributed by atoms with Crippen molar-refractivity contribution < 1.29 is 14.3 Å². The van der Waals surface area contributed by atoms with E-state index in [0.717, 1.165) is 47.3 Å². The molecule has 0 unspecified atom stereocenters. The summed E-state index contributed by atoms with van der Waals surface area (Å²) in [5, 5.41) is 5.66. The first-order valence-corrected chi connectivity index (χ1v) is 10.8. The third-order valence-corrected chi connectivity index (χ3v) is 6.43. The van der Waals surface area contributed by atoms with Crippen molar-refractivity contribution in [3.63, 3.8) is 0 Å². The van der Waals surface area contributed by atoms with Crippen molar-refractivity contribution in [1.82, 2.24) is 4.90 Å². The molecule has 1 aliphatic rings. The van der Waals surface area contributed by atoms with E-state index in [1.165, 1.54) is 11.3 Å². The smallest absolute Gasteiger partial charge is 0.341 e. The lowest BCUT2D eigenvalue weighted by Gasteiger charge is -2.25. The van der Waals surface area contributed by atoms with Crippen LogP contribution < -0.4 is 5.32 Å². The summed E-state index contributed by atoms with van der Waals surface area (Å²) in [5.41, 5.74) is 2.11. The molecule has 0 bridgehead atoms. The summed E-state index contributed by atoms with van der Waals surface area (Å²) in [4.78, 5) is 29.1. The Morgan fingerprint density at radius 2 is 1.93 bits per heavy atom. The number of ether oxygens (including phenoxy) is 1. The molecule has 2 aromatic carbocycles. The Morgan fingerprint density at radius 3 is 2.69 bits per heavy atom. The first-order valence-electron chi connectivity index (χ1n) is 9.94. The topological polar surface area (TPSA) is 58.6 Å². The molecule has 150 valence electrons. The molecule has 0 saturated heterocycles. The molecule has 1 amide bonds. The van der Waals surface area contributed by atoms with Gasteiger partial charge in [-0.05, 0) is 48.4 Å². The van der Waals surface area contributed by atoms with E-state index in [1.807, 2.05) is 42.5 Å². The minimum absolute atomic E-state index is 0.216. The van der Waals surface area contributed by atoms with Gasteiger partial charge in [-0.15, -0.1) is 11.3 Å². The number of esters is 1. The van der Waals surface area contributed by atoms with Crippen LogP contribution in [0.2, 0.25) is 0 Å². The molecule has 4 rings (SSSR count). The number of nitrogens with zero attached hydrogens (tertiary/aromatic N) is 1. The van der Waals surface area contributed by atoms with Gasteiger partial charge in [-0.25, -0.2) is 4.79 Å². The van der Waals surface area contributed by atoms with Crippen molar-refractivity contribution in [2.24, 2.45) is 0 Å². The van der Waals surface area contributed by atoms with Crippen LogP contribution in [0.1, 0.15) is 45.0 Å². The highest BCUT2D eigenvalue weighted by molar-refractivity contribution is 7.17. The highest BCUT2D eigenvalue weighted by atomic mass is 32.1. The van der Waals surface area contributed by atoms with Crippen LogP contribution in [0.25, 0.3) is 10.8 Å². The van der Waals surface area contributed by atoms with Crippen LogP contribution >= 0.6 is 11.3 Å². The normalized spacial score (nSPS) is 13.9. The van der Waals surface area contributed by atoms with Gasteiger partial charge in [-0.3, -0.25) is 9.69 Å². The van der Waals surface area contributed by atoms with Gasteiger partial charge >= 0.3 is 5.97 Å². The molecule has 0 radical (unpaired) electrons. The van der Waals surface area contributed by atoms with Gasteiger partial charge in [0.25, 0.3) is 5.91 Å². The molecule has 0 fully saturated rings. The van der Waals surface area contributed by atoms with E-state index in [2.05, 4.69) is 17.1 Å². The number of thiophene rings is 1. The monoisotopic (exact) mass is 408 g/mol. The maximum Gasteiger partial charge on any atom is 0.341 e. The van der Waals surface area contributed by atoms with Crippen LogP contribution in [0.4, 0.5) is 5.00 Å². The van der Waals surface area contributed by atoms with Crippen LogP contribution in [-0.2, 0) is 17.7 Å². The number of carbonyl (C=O) groups is 2. The summed E-state index contributed by atoms with van der Waals surface area (Å²) in [6, 6.07) is 13.6. The van der Waals surface area contributed by atoms with Gasteiger partial charge in [0.15, 0.2) is 0 Å². The van der Waals surface area contributed by atoms with Gasteiger partial charge in [0.1, 0.15) is 5.00 Å². The molecular formula is C23H24N2O3S. The van der Waals surface area contributed by atoms with Crippen LogP contribution in [0.15, 0.2) is 42.5 Å². The van der Waals surface area contributed by atoms with Crippen LogP contribution in [0.3, 0.4) is 0 Å². The highest BCUT2D eigenvalue weighted by Crippen LogP contribution is 2.38. The first kappa shape index (κ1) is 19.6. The first-order chi connectivity index (χ1) is 14.1. The fraction of sp³-hybridized carbons (Fsp3) is 0.304. The van der Waals surface area contributed by atoms with E-state index in [-0.39, 0.29) is 11.9 Å². The number of fused-ring (bicyclic) bond motifs is 2. The van der Waals surface area contributed by atoms with E-state index < -0.39 is 0 Å². The fourth-order valence-corrected chi connectivity index (χ4v) is 5.01. The summed E-state index contributed by atoms with van der Waals surface area (Å²) in [5.74, 6) is -0.573. The Labute approximate surface area is 174 Å². The molecule has 0 spiro atoms. The molecule has 29 heavy (non-hydrogen) atoms. The summed E-state index contributed by atoms with van der Waals surface area (Å²) in [6.07, 6.45) is 0.791. The minimum atomic E-state index is -0.358. The maximum absolute atomic E-state index is 13.0. The van der Waals surface area contributed by atoms with E-state index in [0.29, 0.717) is 22.7 Å². The average molecular weight is 409 g/mol. The van der Waals surface area contributed by atoms with Gasteiger partial charge in [0.2, 0.25) is 0 Å². The van der Waals surface area contributed by atoms with Crippen LogP contribution in [0, 0.1) is 0 Å². The molecule has 3 aromatic rings. The maximum atomic E-state index is 13.0. The predicted octanol–water partition coefficient (Wildman–Crippen LogP) is 4.71. The molecule has 1 N–H and O–H groups in total. The number of carbonyl (C=O) groups excluding carboxylic acids is 2. The van der Waals surface area contributed by atoms with E-state index in [1.54, 1.807) is 6.92 Å². The molecule has 1 aromatic heterocycles. The van der Waals surface area contributed by atoms with Gasteiger partial charge in [0, 0.05) is 23.5 Å².